The average molecular weight is 672 g/mol. The maximum atomic E-state index is 13.6. The number of fused-ring (bicyclic) bond motifs is 1. The monoisotopic (exact) mass is 671 g/mol. The Morgan fingerprint density at radius 1 is 1.00 bits per heavy atom. The summed E-state index contributed by atoms with van der Waals surface area (Å²) in [7, 11) is -4.53. The van der Waals surface area contributed by atoms with Crippen LogP contribution in [0.3, 0.4) is 0 Å². The molecule has 0 amide bonds. The lowest BCUT2D eigenvalue weighted by Gasteiger charge is -2.38. The highest BCUT2D eigenvalue weighted by molar-refractivity contribution is 9.10. The molecule has 0 spiro atoms. The molecule has 0 radical (unpaired) electrons. The van der Waals surface area contributed by atoms with E-state index in [-0.39, 0.29) is 29.5 Å². The fraction of sp³-hybridized carbons (Fsp3) is 0.280. The van der Waals surface area contributed by atoms with Crippen LogP contribution < -0.4 is 9.04 Å². The van der Waals surface area contributed by atoms with Gasteiger partial charge in [0.05, 0.1) is 41.5 Å². The number of hydrogen-bond acceptors (Lipinski definition) is 6. The summed E-state index contributed by atoms with van der Waals surface area (Å²) >= 11 is 3.89. The van der Waals surface area contributed by atoms with Crippen molar-refractivity contribution in [1.82, 2.24) is 0 Å². The second-order valence-corrected chi connectivity index (χ2v) is 12.3. The number of anilines is 1. The summed E-state index contributed by atoms with van der Waals surface area (Å²) in [5, 5.41) is 10.0. The summed E-state index contributed by atoms with van der Waals surface area (Å²) < 4.78 is 119. The van der Waals surface area contributed by atoms with Gasteiger partial charge >= 0.3 is 12.4 Å². The van der Waals surface area contributed by atoms with Crippen molar-refractivity contribution in [3.05, 3.63) is 82.3 Å². The van der Waals surface area contributed by atoms with Gasteiger partial charge in [-0.2, -0.15) is 26.3 Å². The van der Waals surface area contributed by atoms with Gasteiger partial charge in [-0.1, -0.05) is 28.1 Å². The molecule has 1 aliphatic rings. The third-order valence-electron chi connectivity index (χ3n) is 5.92. The molecule has 0 fully saturated rings. The Labute approximate surface area is 238 Å². The van der Waals surface area contributed by atoms with Crippen LogP contribution in [0.15, 0.2) is 81.0 Å². The fourth-order valence-electron chi connectivity index (χ4n) is 3.87. The van der Waals surface area contributed by atoms with E-state index in [1.807, 2.05) is 0 Å². The van der Waals surface area contributed by atoms with Crippen LogP contribution in [-0.2, 0) is 26.6 Å². The molecule has 40 heavy (non-hydrogen) atoms. The van der Waals surface area contributed by atoms with Gasteiger partial charge in [-0.3, -0.25) is 4.31 Å². The first-order valence-corrected chi connectivity index (χ1v) is 14.4. The summed E-state index contributed by atoms with van der Waals surface area (Å²) in [6.07, 6.45) is -10.3. The second kappa shape index (κ2) is 11.8. The number of halogens is 7. The van der Waals surface area contributed by atoms with E-state index in [4.69, 9.17) is 8.92 Å². The lowest BCUT2D eigenvalue weighted by molar-refractivity contribution is -0.138. The molecule has 1 N–H and O–H groups in total. The minimum atomic E-state index is -4.77. The molecule has 0 bridgehead atoms. The third kappa shape index (κ3) is 6.87. The van der Waals surface area contributed by atoms with Gasteiger partial charge in [0.2, 0.25) is 0 Å². The molecule has 2 atom stereocenters. The first-order chi connectivity index (χ1) is 18.7. The number of alkyl halides is 6. The van der Waals surface area contributed by atoms with E-state index in [2.05, 4.69) is 15.9 Å². The van der Waals surface area contributed by atoms with Crippen molar-refractivity contribution in [2.45, 2.75) is 28.2 Å². The molecule has 0 aliphatic carbocycles. The number of aliphatic hydroxyl groups excluding tert-OH is 1. The third-order valence-corrected chi connectivity index (χ3v) is 8.89. The Hall–Kier alpha value is -2.46. The van der Waals surface area contributed by atoms with Gasteiger partial charge in [0.25, 0.3) is 10.0 Å². The molecule has 0 saturated heterocycles. The number of hydrogen-bond donors (Lipinski definition) is 1. The number of aliphatic hydroxyl groups is 1. The summed E-state index contributed by atoms with van der Waals surface area (Å²) in [6.45, 7) is -1.17. The minimum Gasteiger partial charge on any atom is -0.486 e. The first-order valence-electron chi connectivity index (χ1n) is 11.4. The molecule has 15 heteroatoms. The molecule has 216 valence electrons. The maximum Gasteiger partial charge on any atom is 0.416 e. The van der Waals surface area contributed by atoms with Crippen molar-refractivity contribution in [3.63, 3.8) is 0 Å². The summed E-state index contributed by atoms with van der Waals surface area (Å²) in [5.74, 6) is -0.756. The van der Waals surface area contributed by atoms with Crippen molar-refractivity contribution in [3.8, 4) is 5.75 Å². The van der Waals surface area contributed by atoms with Crippen LogP contribution in [0.25, 0.3) is 0 Å². The van der Waals surface area contributed by atoms with Crippen LogP contribution >= 0.6 is 28.0 Å². The standard InChI is InChI=1S/C25H20BrF6NO5S2/c26-18-7-8-22-21(11-18)33(40(35,36)20-6-2-4-17(10-20)25(30,31)32)12-23(38-22)15(13-34)14-37-39-19-5-1-3-16(9-19)24(27,28)29/h1-11,15,23,34H,12-14H2. The zero-order chi connectivity index (χ0) is 29.3. The zero-order valence-corrected chi connectivity index (χ0v) is 23.3. The SMILES string of the molecule is O=S(=O)(c1cccc(C(F)(F)F)c1)N1CC(C(CO)COSc2cccc(C(F)(F)F)c2)Oc2ccc(Br)cc21. The lowest BCUT2D eigenvalue weighted by Crippen LogP contribution is -2.48. The van der Waals surface area contributed by atoms with Gasteiger partial charge in [0.15, 0.2) is 0 Å². The Kier molecular flexibility index (Phi) is 9.00. The van der Waals surface area contributed by atoms with Crippen LogP contribution in [0, 0.1) is 5.92 Å². The zero-order valence-electron chi connectivity index (χ0n) is 20.1. The lowest BCUT2D eigenvalue weighted by atomic mass is 10.0. The molecule has 4 rings (SSSR count). The van der Waals surface area contributed by atoms with Crippen LogP contribution in [0.4, 0.5) is 32.0 Å². The molecular formula is C25H20BrF6NO5S2. The Morgan fingerprint density at radius 2 is 1.65 bits per heavy atom. The van der Waals surface area contributed by atoms with Crippen LogP contribution in [0.5, 0.6) is 5.75 Å². The molecule has 1 aliphatic heterocycles. The molecule has 0 aromatic heterocycles. The van der Waals surface area contributed by atoms with Crippen molar-refractivity contribution in [2.24, 2.45) is 5.92 Å². The van der Waals surface area contributed by atoms with E-state index >= 15 is 0 Å². The highest BCUT2D eigenvalue weighted by atomic mass is 79.9. The van der Waals surface area contributed by atoms with Gasteiger partial charge < -0.3 is 14.0 Å². The van der Waals surface area contributed by atoms with Gasteiger partial charge in [-0.25, -0.2) is 8.42 Å². The maximum absolute atomic E-state index is 13.6. The number of sulfonamides is 1. The number of rotatable bonds is 8. The molecular weight excluding hydrogens is 652 g/mol. The fourth-order valence-corrected chi connectivity index (χ4v) is 6.43. The van der Waals surface area contributed by atoms with E-state index in [0.29, 0.717) is 22.6 Å². The summed E-state index contributed by atoms with van der Waals surface area (Å²) in [4.78, 5) is -0.439. The van der Waals surface area contributed by atoms with E-state index in [1.165, 1.54) is 24.3 Å². The highest BCUT2D eigenvalue weighted by Crippen LogP contribution is 2.41. The Bertz CT molecular complexity index is 1470. The van der Waals surface area contributed by atoms with Gasteiger partial charge in [-0.15, -0.1) is 0 Å². The van der Waals surface area contributed by atoms with Gasteiger partial charge in [0, 0.05) is 27.3 Å². The summed E-state index contributed by atoms with van der Waals surface area (Å²) in [6, 6.07) is 12.2. The Morgan fingerprint density at radius 3 is 2.30 bits per heavy atom. The molecule has 6 nitrogen and oxygen atoms in total. The predicted octanol–water partition coefficient (Wildman–Crippen LogP) is 6.78. The number of nitrogens with zero attached hydrogens (tertiary/aromatic N) is 1. The molecule has 2 unspecified atom stereocenters. The number of ether oxygens (including phenoxy) is 1. The topological polar surface area (TPSA) is 76.1 Å². The predicted molar refractivity (Wildman–Crippen MR) is 138 cm³/mol. The first kappa shape index (κ1) is 30.5. The number of benzene rings is 3. The van der Waals surface area contributed by atoms with E-state index in [0.717, 1.165) is 34.6 Å². The van der Waals surface area contributed by atoms with Crippen molar-refractivity contribution >= 4 is 43.7 Å². The van der Waals surface area contributed by atoms with Crippen molar-refractivity contribution in [2.75, 3.05) is 24.1 Å². The van der Waals surface area contributed by atoms with Crippen LogP contribution in [-0.4, -0.2) is 39.4 Å². The summed E-state index contributed by atoms with van der Waals surface area (Å²) in [5.41, 5.74) is -1.94. The van der Waals surface area contributed by atoms with Crippen molar-refractivity contribution in [1.29, 1.82) is 0 Å². The largest absolute Gasteiger partial charge is 0.486 e. The normalized spacial score (nSPS) is 16.8. The van der Waals surface area contributed by atoms with Crippen molar-refractivity contribution < 1.29 is 48.8 Å². The van der Waals surface area contributed by atoms with E-state index in [9.17, 15) is 39.9 Å². The molecule has 3 aromatic carbocycles. The van der Waals surface area contributed by atoms with Crippen LogP contribution in [0.1, 0.15) is 11.1 Å². The van der Waals surface area contributed by atoms with Crippen LogP contribution in [0.2, 0.25) is 0 Å². The average Bonchev–Trinajstić information content (AvgIpc) is 2.90. The molecule has 0 saturated carbocycles. The highest BCUT2D eigenvalue weighted by Gasteiger charge is 2.39. The van der Waals surface area contributed by atoms with E-state index in [1.54, 1.807) is 6.07 Å². The Balaban J connectivity index is 1.58. The van der Waals surface area contributed by atoms with E-state index < -0.39 is 57.0 Å². The minimum absolute atomic E-state index is 0.0685. The molecule has 3 aromatic rings. The van der Waals surface area contributed by atoms with Gasteiger partial charge in [-0.05, 0) is 54.6 Å². The second-order valence-electron chi connectivity index (χ2n) is 8.67. The quantitative estimate of drug-likeness (QED) is 0.210. The van der Waals surface area contributed by atoms with Gasteiger partial charge in [0.1, 0.15) is 11.9 Å². The molecule has 1 heterocycles. The smallest absolute Gasteiger partial charge is 0.416 e.